The highest BCUT2D eigenvalue weighted by molar-refractivity contribution is 7.98. The number of fused-ring (bicyclic) bond motifs is 2. The molecule has 1 aromatic carbocycles. The van der Waals surface area contributed by atoms with Crippen LogP contribution in [0.3, 0.4) is 0 Å². The molecule has 1 amide bonds. The fourth-order valence-electron chi connectivity index (χ4n) is 4.06. The SMILES string of the molecule is CSCC[C@@H](NC(=O)CCc1c(C)c2cc3c(C(C)(C)C)coc3c(C)c2oc1=O)C(=O)O. The fraction of sp³-hybridized carbons (Fsp3) is 0.480. The molecule has 0 saturated heterocycles. The highest BCUT2D eigenvalue weighted by Crippen LogP contribution is 2.37. The van der Waals surface area contributed by atoms with Gasteiger partial charge in [0.1, 0.15) is 17.2 Å². The summed E-state index contributed by atoms with van der Waals surface area (Å²) in [4.78, 5) is 36.6. The maximum atomic E-state index is 12.8. The van der Waals surface area contributed by atoms with Gasteiger partial charge in [-0.05, 0) is 55.7 Å². The highest BCUT2D eigenvalue weighted by Gasteiger charge is 2.24. The van der Waals surface area contributed by atoms with Crippen LogP contribution in [0.5, 0.6) is 0 Å². The average Bonchev–Trinajstić information content (AvgIpc) is 3.16. The van der Waals surface area contributed by atoms with Gasteiger partial charge < -0.3 is 19.3 Å². The van der Waals surface area contributed by atoms with Crippen LogP contribution in [0.4, 0.5) is 0 Å². The van der Waals surface area contributed by atoms with Crippen LogP contribution in [0.15, 0.2) is 26.0 Å². The minimum atomic E-state index is -1.06. The van der Waals surface area contributed by atoms with Crippen LogP contribution in [-0.2, 0) is 21.4 Å². The number of furan rings is 1. The zero-order valence-electron chi connectivity index (χ0n) is 20.0. The van der Waals surface area contributed by atoms with Crippen molar-refractivity contribution in [2.75, 3.05) is 12.0 Å². The van der Waals surface area contributed by atoms with Crippen molar-refractivity contribution in [2.45, 2.75) is 65.3 Å². The van der Waals surface area contributed by atoms with Crippen molar-refractivity contribution in [3.05, 3.63) is 45.0 Å². The van der Waals surface area contributed by atoms with Crippen LogP contribution in [0.1, 0.15) is 55.9 Å². The molecule has 0 saturated carbocycles. The van der Waals surface area contributed by atoms with Gasteiger partial charge in [-0.15, -0.1) is 0 Å². The van der Waals surface area contributed by atoms with Gasteiger partial charge in [0.05, 0.1) is 6.26 Å². The predicted octanol–water partition coefficient (Wildman–Crippen LogP) is 4.71. The number of carboxylic acid groups (broad SMARTS) is 1. The van der Waals surface area contributed by atoms with E-state index >= 15 is 0 Å². The first-order valence-electron chi connectivity index (χ1n) is 10.9. The van der Waals surface area contributed by atoms with Crippen molar-refractivity contribution in [1.29, 1.82) is 0 Å². The molecule has 3 rings (SSSR count). The molecule has 2 aromatic heterocycles. The number of hydrogen-bond acceptors (Lipinski definition) is 6. The van der Waals surface area contributed by atoms with Gasteiger partial charge >= 0.3 is 11.6 Å². The Bertz CT molecular complexity index is 1260. The molecule has 3 aromatic rings. The molecule has 0 unspecified atom stereocenters. The molecule has 178 valence electrons. The summed E-state index contributed by atoms with van der Waals surface area (Å²) in [5.41, 5.74) is 3.59. The molecule has 0 fully saturated rings. The molecule has 0 aliphatic rings. The smallest absolute Gasteiger partial charge is 0.339 e. The van der Waals surface area contributed by atoms with E-state index < -0.39 is 23.5 Å². The summed E-state index contributed by atoms with van der Waals surface area (Å²) in [7, 11) is 0. The molecule has 0 spiro atoms. The van der Waals surface area contributed by atoms with Crippen LogP contribution < -0.4 is 10.9 Å². The standard InChI is InChI=1S/C25H31NO6S/c1-13-15(7-8-20(27)26-19(23(28)29)9-10-33-6)24(30)32-22-14(2)21-17(11-16(13)22)18(12-31-21)25(3,4)5/h11-12,19H,7-10H2,1-6H3,(H,26,27)(H,28,29)/t19-/m1/s1. The Balaban J connectivity index is 1.94. The Kier molecular flexibility index (Phi) is 7.26. The van der Waals surface area contributed by atoms with Gasteiger partial charge in [-0.3, -0.25) is 4.79 Å². The lowest BCUT2D eigenvalue weighted by Crippen LogP contribution is -2.41. The van der Waals surface area contributed by atoms with Gasteiger partial charge in [0, 0.05) is 33.9 Å². The predicted molar refractivity (Wildman–Crippen MR) is 131 cm³/mol. The summed E-state index contributed by atoms with van der Waals surface area (Å²) in [6, 6.07) is 1.05. The topological polar surface area (TPSA) is 110 Å². The molecule has 0 bridgehead atoms. The minimum absolute atomic E-state index is 0.000330. The van der Waals surface area contributed by atoms with Gasteiger partial charge in [0.15, 0.2) is 0 Å². The second kappa shape index (κ2) is 9.63. The van der Waals surface area contributed by atoms with Crippen molar-refractivity contribution in [3.8, 4) is 0 Å². The van der Waals surface area contributed by atoms with Crippen LogP contribution in [0.25, 0.3) is 21.9 Å². The molecule has 1 atom stereocenters. The van der Waals surface area contributed by atoms with Gasteiger partial charge in [-0.2, -0.15) is 11.8 Å². The highest BCUT2D eigenvalue weighted by atomic mass is 32.2. The molecular formula is C25H31NO6S. The number of nitrogens with one attached hydrogen (secondary N) is 1. The summed E-state index contributed by atoms with van der Waals surface area (Å²) < 4.78 is 11.5. The normalized spacial score (nSPS) is 12.9. The zero-order valence-corrected chi connectivity index (χ0v) is 20.8. The lowest BCUT2D eigenvalue weighted by Gasteiger charge is -2.17. The third kappa shape index (κ3) is 5.11. The van der Waals surface area contributed by atoms with Gasteiger partial charge in [0.25, 0.3) is 0 Å². The second-order valence-electron chi connectivity index (χ2n) is 9.39. The molecule has 0 aliphatic carbocycles. The summed E-state index contributed by atoms with van der Waals surface area (Å²) in [6.07, 6.45) is 4.15. The number of thioether (sulfide) groups is 1. The molecule has 8 heteroatoms. The summed E-state index contributed by atoms with van der Waals surface area (Å²) in [6.45, 7) is 10.1. The first kappa shape index (κ1) is 24.9. The molecule has 7 nitrogen and oxygen atoms in total. The van der Waals surface area contributed by atoms with Crippen LogP contribution >= 0.6 is 11.8 Å². The third-order valence-corrected chi connectivity index (χ3v) is 6.64. The van der Waals surface area contributed by atoms with Crippen LogP contribution in [0.2, 0.25) is 0 Å². The average molecular weight is 474 g/mol. The zero-order chi connectivity index (χ0) is 24.5. The minimum Gasteiger partial charge on any atom is -0.480 e. The maximum Gasteiger partial charge on any atom is 0.339 e. The number of aliphatic carboxylic acids is 1. The summed E-state index contributed by atoms with van der Waals surface area (Å²) >= 11 is 1.52. The number of hydrogen-bond donors (Lipinski definition) is 2. The van der Waals surface area contributed by atoms with Crippen LogP contribution in [-0.4, -0.2) is 35.0 Å². The molecule has 2 heterocycles. The lowest BCUT2D eigenvalue weighted by molar-refractivity contribution is -0.141. The quantitative estimate of drug-likeness (QED) is 0.456. The van der Waals surface area contributed by atoms with E-state index in [0.29, 0.717) is 28.9 Å². The monoisotopic (exact) mass is 473 g/mol. The van der Waals surface area contributed by atoms with Gasteiger partial charge in [-0.1, -0.05) is 20.8 Å². The Labute approximate surface area is 196 Å². The first-order valence-corrected chi connectivity index (χ1v) is 12.3. The Hall–Kier alpha value is -2.74. The number of carbonyl (C=O) groups is 2. The number of carbonyl (C=O) groups excluding carboxylic acids is 1. The van der Waals surface area contributed by atoms with E-state index in [1.54, 1.807) is 6.26 Å². The number of benzene rings is 1. The van der Waals surface area contributed by atoms with Crippen LogP contribution in [0, 0.1) is 13.8 Å². The van der Waals surface area contributed by atoms with Gasteiger partial charge in [0.2, 0.25) is 5.91 Å². The Morgan fingerprint density at radius 1 is 1.15 bits per heavy atom. The van der Waals surface area contributed by atoms with Crippen molar-refractivity contribution in [2.24, 2.45) is 0 Å². The second-order valence-corrected chi connectivity index (χ2v) is 10.4. The third-order valence-electron chi connectivity index (χ3n) is 6.00. The fourth-order valence-corrected chi connectivity index (χ4v) is 4.54. The van der Waals surface area contributed by atoms with Crippen molar-refractivity contribution in [1.82, 2.24) is 5.32 Å². The van der Waals surface area contributed by atoms with E-state index in [-0.39, 0.29) is 18.3 Å². The van der Waals surface area contributed by atoms with E-state index in [0.717, 1.165) is 27.5 Å². The maximum absolute atomic E-state index is 12.8. The first-order chi connectivity index (χ1) is 15.5. The summed E-state index contributed by atoms with van der Waals surface area (Å²) in [5.74, 6) is -0.838. The number of amides is 1. The Morgan fingerprint density at radius 2 is 1.85 bits per heavy atom. The lowest BCUT2D eigenvalue weighted by atomic mass is 9.86. The van der Waals surface area contributed by atoms with E-state index in [4.69, 9.17) is 8.83 Å². The molecule has 33 heavy (non-hydrogen) atoms. The Morgan fingerprint density at radius 3 is 2.45 bits per heavy atom. The van der Waals surface area contributed by atoms with Crippen molar-refractivity contribution in [3.63, 3.8) is 0 Å². The van der Waals surface area contributed by atoms with Crippen molar-refractivity contribution < 1.29 is 23.5 Å². The van der Waals surface area contributed by atoms with E-state index in [1.165, 1.54) is 11.8 Å². The molecular weight excluding hydrogens is 442 g/mol. The summed E-state index contributed by atoms with van der Waals surface area (Å²) in [5, 5.41) is 13.7. The molecule has 0 aliphatic heterocycles. The van der Waals surface area contributed by atoms with Crippen molar-refractivity contribution >= 4 is 45.6 Å². The largest absolute Gasteiger partial charge is 0.480 e. The number of rotatable bonds is 8. The molecule has 2 N–H and O–H groups in total. The van der Waals surface area contributed by atoms with E-state index in [9.17, 15) is 19.5 Å². The molecule has 0 radical (unpaired) electrons. The van der Waals surface area contributed by atoms with E-state index in [2.05, 4.69) is 26.1 Å². The van der Waals surface area contributed by atoms with Gasteiger partial charge in [-0.25, -0.2) is 9.59 Å². The number of carboxylic acids is 1. The number of aryl methyl sites for hydroxylation is 2. The van der Waals surface area contributed by atoms with E-state index in [1.807, 2.05) is 26.2 Å².